The van der Waals surface area contributed by atoms with Gasteiger partial charge in [0.25, 0.3) is 0 Å². The average molecular weight is 304 g/mol. The van der Waals surface area contributed by atoms with Crippen molar-refractivity contribution < 1.29 is 13.2 Å². The fourth-order valence-electron chi connectivity index (χ4n) is 1.73. The molecule has 0 amide bonds. The lowest BCUT2D eigenvalue weighted by atomic mass is 10.1. The fraction of sp³-hybridized carbons (Fsp3) is 0.714. The Balaban J connectivity index is 3.18. The van der Waals surface area contributed by atoms with Gasteiger partial charge in [-0.15, -0.1) is 0 Å². The summed E-state index contributed by atoms with van der Waals surface area (Å²) in [5, 5.41) is 2.82. The second-order valence-electron chi connectivity index (χ2n) is 5.46. The number of anilines is 2. The van der Waals surface area contributed by atoms with Gasteiger partial charge >= 0.3 is 6.18 Å². The summed E-state index contributed by atoms with van der Waals surface area (Å²) in [5.74, 6) is 0.591. The first-order valence-electron chi connectivity index (χ1n) is 7.09. The molecule has 0 radical (unpaired) electrons. The van der Waals surface area contributed by atoms with Crippen LogP contribution < -0.4 is 10.2 Å². The van der Waals surface area contributed by atoms with Gasteiger partial charge in [-0.2, -0.15) is 18.2 Å². The summed E-state index contributed by atoms with van der Waals surface area (Å²) in [6, 6.07) is 1.07. The highest BCUT2D eigenvalue weighted by atomic mass is 19.4. The van der Waals surface area contributed by atoms with E-state index in [1.54, 1.807) is 11.9 Å². The van der Waals surface area contributed by atoms with Crippen molar-refractivity contribution in [1.29, 1.82) is 0 Å². The van der Waals surface area contributed by atoms with Gasteiger partial charge in [-0.25, -0.2) is 4.98 Å². The van der Waals surface area contributed by atoms with Crippen LogP contribution in [0.1, 0.15) is 39.8 Å². The Bertz CT molecular complexity index is 460. The van der Waals surface area contributed by atoms with Crippen molar-refractivity contribution in [3.05, 3.63) is 11.8 Å². The molecular weight excluding hydrogens is 281 g/mol. The van der Waals surface area contributed by atoms with Crippen molar-refractivity contribution in [3.8, 4) is 0 Å². The van der Waals surface area contributed by atoms with Gasteiger partial charge in [0.15, 0.2) is 5.69 Å². The van der Waals surface area contributed by atoms with E-state index in [1.807, 2.05) is 27.7 Å². The fourth-order valence-corrected chi connectivity index (χ4v) is 1.73. The van der Waals surface area contributed by atoms with E-state index in [4.69, 9.17) is 0 Å². The van der Waals surface area contributed by atoms with Crippen molar-refractivity contribution >= 4 is 11.8 Å². The molecule has 21 heavy (non-hydrogen) atoms. The Hall–Kier alpha value is -1.53. The quantitative estimate of drug-likeness (QED) is 0.868. The van der Waals surface area contributed by atoms with Gasteiger partial charge in [0.2, 0.25) is 5.95 Å². The van der Waals surface area contributed by atoms with Gasteiger partial charge in [0.05, 0.1) is 0 Å². The number of hydrogen-bond donors (Lipinski definition) is 1. The molecule has 0 spiro atoms. The molecule has 1 aromatic rings. The molecule has 7 heteroatoms. The molecule has 1 heterocycles. The lowest BCUT2D eigenvalue weighted by Gasteiger charge is -2.29. The zero-order chi connectivity index (χ0) is 16.2. The number of aromatic nitrogens is 2. The van der Waals surface area contributed by atoms with E-state index in [0.29, 0.717) is 12.5 Å². The van der Waals surface area contributed by atoms with Gasteiger partial charge in [0.1, 0.15) is 5.82 Å². The van der Waals surface area contributed by atoms with Crippen LogP contribution in [0.3, 0.4) is 0 Å². The molecule has 0 bridgehead atoms. The normalized spacial score (nSPS) is 13.4. The van der Waals surface area contributed by atoms with Crippen LogP contribution in [0.25, 0.3) is 0 Å². The van der Waals surface area contributed by atoms with Crippen LogP contribution in [0.4, 0.5) is 24.9 Å². The van der Waals surface area contributed by atoms with Gasteiger partial charge < -0.3 is 10.2 Å². The Kier molecular flexibility index (Phi) is 5.80. The molecule has 0 saturated heterocycles. The van der Waals surface area contributed by atoms with E-state index < -0.39 is 11.9 Å². The second-order valence-corrected chi connectivity index (χ2v) is 5.46. The molecule has 1 atom stereocenters. The maximum absolute atomic E-state index is 13.0. The second kappa shape index (κ2) is 6.95. The summed E-state index contributed by atoms with van der Waals surface area (Å²) in [6.07, 6.45) is -3.70. The molecule has 1 rings (SSSR count). The SMILES string of the molecule is CCCNc1nc(N(C)C(C)C(C)C)cc(C(F)(F)F)n1. The Morgan fingerprint density at radius 1 is 1.24 bits per heavy atom. The lowest BCUT2D eigenvalue weighted by Crippen LogP contribution is -2.34. The van der Waals surface area contributed by atoms with Gasteiger partial charge in [-0.1, -0.05) is 20.8 Å². The van der Waals surface area contributed by atoms with Gasteiger partial charge in [-0.3, -0.25) is 0 Å². The largest absolute Gasteiger partial charge is 0.433 e. The zero-order valence-corrected chi connectivity index (χ0v) is 13.1. The number of hydrogen-bond acceptors (Lipinski definition) is 4. The number of nitrogens with one attached hydrogen (secondary N) is 1. The summed E-state index contributed by atoms with van der Waals surface area (Å²) in [4.78, 5) is 9.50. The van der Waals surface area contributed by atoms with Crippen molar-refractivity contribution in [2.45, 2.75) is 46.3 Å². The van der Waals surface area contributed by atoms with Crippen molar-refractivity contribution in [2.24, 2.45) is 5.92 Å². The molecule has 0 fully saturated rings. The molecule has 1 aromatic heterocycles. The minimum Gasteiger partial charge on any atom is -0.357 e. The standard InChI is InChI=1S/C14H23F3N4/c1-6-7-18-13-19-11(14(15,16)17)8-12(20-13)21(5)10(4)9(2)3/h8-10H,6-7H2,1-5H3,(H,18,19,20). The van der Waals surface area contributed by atoms with Crippen LogP contribution in [0, 0.1) is 5.92 Å². The van der Waals surface area contributed by atoms with E-state index in [1.165, 1.54) is 0 Å². The smallest absolute Gasteiger partial charge is 0.357 e. The Labute approximate surface area is 123 Å². The van der Waals surface area contributed by atoms with E-state index >= 15 is 0 Å². The minimum atomic E-state index is -4.48. The molecule has 1 N–H and O–H groups in total. The molecule has 120 valence electrons. The third kappa shape index (κ3) is 4.75. The maximum atomic E-state index is 13.0. The van der Waals surface area contributed by atoms with Crippen LogP contribution in [-0.4, -0.2) is 29.6 Å². The summed E-state index contributed by atoms with van der Waals surface area (Å²) < 4.78 is 38.9. The monoisotopic (exact) mass is 304 g/mol. The van der Waals surface area contributed by atoms with E-state index in [-0.39, 0.29) is 17.8 Å². The maximum Gasteiger partial charge on any atom is 0.433 e. The number of rotatable bonds is 6. The van der Waals surface area contributed by atoms with Crippen LogP contribution in [0.5, 0.6) is 0 Å². The van der Waals surface area contributed by atoms with E-state index in [2.05, 4.69) is 15.3 Å². The summed E-state index contributed by atoms with van der Waals surface area (Å²) in [7, 11) is 1.75. The van der Waals surface area contributed by atoms with Crippen LogP contribution in [-0.2, 0) is 6.18 Å². The average Bonchev–Trinajstić information content (AvgIpc) is 2.42. The minimum absolute atomic E-state index is 0.0180. The summed E-state index contributed by atoms with van der Waals surface area (Å²) in [6.45, 7) is 8.45. The predicted molar refractivity (Wildman–Crippen MR) is 78.5 cm³/mol. The highest BCUT2D eigenvalue weighted by molar-refractivity contribution is 5.45. The predicted octanol–water partition coefficient (Wildman–Crippen LogP) is 3.80. The third-order valence-corrected chi connectivity index (χ3v) is 3.47. The van der Waals surface area contributed by atoms with Gasteiger partial charge in [-0.05, 0) is 19.3 Å². The molecule has 0 aliphatic rings. The number of alkyl halides is 3. The first-order valence-corrected chi connectivity index (χ1v) is 7.09. The summed E-state index contributed by atoms with van der Waals surface area (Å²) in [5.41, 5.74) is -0.922. The van der Waals surface area contributed by atoms with Crippen molar-refractivity contribution in [1.82, 2.24) is 9.97 Å². The molecule has 4 nitrogen and oxygen atoms in total. The van der Waals surface area contributed by atoms with Crippen LogP contribution in [0.2, 0.25) is 0 Å². The van der Waals surface area contributed by atoms with Gasteiger partial charge in [0, 0.05) is 25.7 Å². The van der Waals surface area contributed by atoms with E-state index in [0.717, 1.165) is 12.5 Å². The first kappa shape index (κ1) is 17.5. The molecule has 0 aliphatic heterocycles. The van der Waals surface area contributed by atoms with Crippen LogP contribution in [0.15, 0.2) is 6.07 Å². The Morgan fingerprint density at radius 3 is 2.33 bits per heavy atom. The van der Waals surface area contributed by atoms with Crippen molar-refractivity contribution in [2.75, 3.05) is 23.8 Å². The highest BCUT2D eigenvalue weighted by Gasteiger charge is 2.34. The molecule has 0 saturated carbocycles. The zero-order valence-electron chi connectivity index (χ0n) is 13.1. The molecule has 1 unspecified atom stereocenters. The lowest BCUT2D eigenvalue weighted by molar-refractivity contribution is -0.141. The topological polar surface area (TPSA) is 41.1 Å². The molecule has 0 aromatic carbocycles. The first-order chi connectivity index (χ1) is 9.66. The highest BCUT2D eigenvalue weighted by Crippen LogP contribution is 2.31. The number of nitrogens with zero attached hydrogens (tertiary/aromatic N) is 3. The van der Waals surface area contributed by atoms with Crippen molar-refractivity contribution in [3.63, 3.8) is 0 Å². The third-order valence-electron chi connectivity index (χ3n) is 3.47. The Morgan fingerprint density at radius 2 is 1.86 bits per heavy atom. The van der Waals surface area contributed by atoms with Crippen LogP contribution >= 0.6 is 0 Å². The number of halogens is 3. The molecule has 0 aliphatic carbocycles. The summed E-state index contributed by atoms with van der Waals surface area (Å²) >= 11 is 0. The van der Waals surface area contributed by atoms with E-state index in [9.17, 15) is 13.2 Å². The molecular formula is C14H23F3N4.